The Labute approximate surface area is 89.3 Å². The molecule has 0 saturated heterocycles. The van der Waals surface area contributed by atoms with E-state index >= 15 is 0 Å². The van der Waals surface area contributed by atoms with E-state index in [1.54, 1.807) is 0 Å². The molecule has 1 rings (SSSR count). The van der Waals surface area contributed by atoms with Crippen LogP contribution in [0.15, 0.2) is 0 Å². The van der Waals surface area contributed by atoms with E-state index in [1.807, 2.05) is 0 Å². The maximum absolute atomic E-state index is 10.6. The highest BCUT2D eigenvalue weighted by Crippen LogP contribution is 2.35. The van der Waals surface area contributed by atoms with Gasteiger partial charge in [0, 0.05) is 12.8 Å². The average molecular weight is 214 g/mol. The van der Waals surface area contributed by atoms with E-state index in [9.17, 15) is 9.59 Å². The molecule has 0 bridgehead atoms. The van der Waals surface area contributed by atoms with Crippen LogP contribution < -0.4 is 0 Å². The lowest BCUT2D eigenvalue weighted by Gasteiger charge is -2.30. The molecular weight excluding hydrogens is 196 g/mol. The Morgan fingerprint density at radius 3 is 2.13 bits per heavy atom. The van der Waals surface area contributed by atoms with Gasteiger partial charge in [0.05, 0.1) is 0 Å². The highest BCUT2D eigenvalue weighted by atomic mass is 16.4. The second-order valence-electron chi connectivity index (χ2n) is 4.33. The summed E-state index contributed by atoms with van der Waals surface area (Å²) in [5, 5.41) is 17.3. The van der Waals surface area contributed by atoms with Crippen LogP contribution in [0.2, 0.25) is 0 Å². The van der Waals surface area contributed by atoms with Crippen LogP contribution in [0.1, 0.15) is 44.9 Å². The highest BCUT2D eigenvalue weighted by Gasteiger charge is 2.27. The Morgan fingerprint density at radius 2 is 1.60 bits per heavy atom. The first-order valence-corrected chi connectivity index (χ1v) is 5.53. The molecule has 4 heteroatoms. The minimum absolute atomic E-state index is 0.167. The Hall–Kier alpha value is -1.06. The first-order valence-electron chi connectivity index (χ1n) is 5.53. The van der Waals surface area contributed by atoms with Crippen LogP contribution in [0.3, 0.4) is 0 Å². The smallest absolute Gasteiger partial charge is 0.303 e. The third-order valence-electron chi connectivity index (χ3n) is 3.23. The molecule has 1 aliphatic carbocycles. The van der Waals surface area contributed by atoms with Gasteiger partial charge in [-0.1, -0.05) is 19.3 Å². The van der Waals surface area contributed by atoms with Crippen molar-refractivity contribution in [2.75, 3.05) is 0 Å². The third kappa shape index (κ3) is 4.32. The van der Waals surface area contributed by atoms with Crippen LogP contribution in [0, 0.1) is 11.8 Å². The maximum atomic E-state index is 10.6. The fourth-order valence-corrected chi connectivity index (χ4v) is 2.47. The van der Waals surface area contributed by atoms with Gasteiger partial charge in [0.2, 0.25) is 0 Å². The van der Waals surface area contributed by atoms with Crippen molar-refractivity contribution in [2.24, 2.45) is 11.8 Å². The largest absolute Gasteiger partial charge is 0.481 e. The van der Waals surface area contributed by atoms with Gasteiger partial charge in [-0.05, 0) is 24.7 Å². The molecule has 0 radical (unpaired) electrons. The van der Waals surface area contributed by atoms with E-state index in [-0.39, 0.29) is 18.8 Å². The van der Waals surface area contributed by atoms with Crippen LogP contribution in [0.4, 0.5) is 0 Å². The van der Waals surface area contributed by atoms with E-state index in [0.29, 0.717) is 12.3 Å². The predicted molar refractivity (Wildman–Crippen MR) is 54.6 cm³/mol. The molecule has 1 aliphatic rings. The summed E-state index contributed by atoms with van der Waals surface area (Å²) in [6.07, 6.45) is 5.13. The van der Waals surface area contributed by atoms with E-state index in [4.69, 9.17) is 10.2 Å². The zero-order valence-electron chi connectivity index (χ0n) is 8.82. The van der Waals surface area contributed by atoms with Crippen molar-refractivity contribution in [3.63, 3.8) is 0 Å². The minimum Gasteiger partial charge on any atom is -0.481 e. The molecule has 0 spiro atoms. The molecule has 4 nitrogen and oxygen atoms in total. The van der Waals surface area contributed by atoms with E-state index < -0.39 is 11.9 Å². The summed E-state index contributed by atoms with van der Waals surface area (Å²) < 4.78 is 0. The number of rotatable bonds is 5. The predicted octanol–water partition coefficient (Wildman–Crippen LogP) is 2.13. The number of carboxylic acid groups (broad SMARTS) is 2. The Morgan fingerprint density at radius 1 is 1.00 bits per heavy atom. The number of carbonyl (C=O) groups is 2. The van der Waals surface area contributed by atoms with Gasteiger partial charge in [-0.2, -0.15) is 0 Å². The second kappa shape index (κ2) is 5.73. The SMILES string of the molecule is O=C(O)CC[C@H]1CCCC[C@@H]1CC(=O)O. The van der Waals surface area contributed by atoms with Crippen LogP contribution in [-0.4, -0.2) is 22.2 Å². The summed E-state index contributed by atoms with van der Waals surface area (Å²) in [5.41, 5.74) is 0. The van der Waals surface area contributed by atoms with Crippen LogP contribution in [0.5, 0.6) is 0 Å². The number of carboxylic acids is 2. The quantitative estimate of drug-likeness (QED) is 0.735. The minimum atomic E-state index is -0.783. The van der Waals surface area contributed by atoms with Crippen molar-refractivity contribution in [1.29, 1.82) is 0 Å². The standard InChI is InChI=1S/C11H18O4/c12-10(13)6-5-8-3-1-2-4-9(8)7-11(14)15/h8-9H,1-7H2,(H,12,13)(H,14,15)/t8-,9-/m1/s1. The number of hydrogen-bond donors (Lipinski definition) is 2. The Kier molecular flexibility index (Phi) is 4.59. The molecule has 0 heterocycles. The molecule has 0 aliphatic heterocycles. The molecule has 1 fully saturated rings. The van der Waals surface area contributed by atoms with Crippen molar-refractivity contribution in [1.82, 2.24) is 0 Å². The summed E-state index contributed by atoms with van der Waals surface area (Å²) in [6.45, 7) is 0. The molecule has 86 valence electrons. The molecule has 0 unspecified atom stereocenters. The summed E-state index contributed by atoms with van der Waals surface area (Å²) in [6, 6.07) is 0. The summed E-state index contributed by atoms with van der Waals surface area (Å²) in [4.78, 5) is 21.1. The zero-order valence-corrected chi connectivity index (χ0v) is 8.82. The average Bonchev–Trinajstić information content (AvgIpc) is 2.15. The van der Waals surface area contributed by atoms with E-state index in [2.05, 4.69) is 0 Å². The van der Waals surface area contributed by atoms with Crippen molar-refractivity contribution < 1.29 is 19.8 Å². The number of hydrogen-bond acceptors (Lipinski definition) is 2. The normalized spacial score (nSPS) is 26.1. The molecular formula is C11H18O4. The number of aliphatic carboxylic acids is 2. The van der Waals surface area contributed by atoms with Gasteiger partial charge in [0.25, 0.3) is 0 Å². The van der Waals surface area contributed by atoms with Crippen molar-refractivity contribution >= 4 is 11.9 Å². The molecule has 2 N–H and O–H groups in total. The van der Waals surface area contributed by atoms with Gasteiger partial charge >= 0.3 is 11.9 Å². The second-order valence-corrected chi connectivity index (χ2v) is 4.33. The molecule has 0 aromatic carbocycles. The Bertz CT molecular complexity index is 237. The van der Waals surface area contributed by atoms with Gasteiger partial charge in [0.1, 0.15) is 0 Å². The summed E-state index contributed by atoms with van der Waals surface area (Å²) in [5.74, 6) is -1.06. The lowest BCUT2D eigenvalue weighted by molar-refractivity contribution is -0.138. The maximum Gasteiger partial charge on any atom is 0.303 e. The van der Waals surface area contributed by atoms with Crippen LogP contribution in [0.25, 0.3) is 0 Å². The Balaban J connectivity index is 2.42. The zero-order chi connectivity index (χ0) is 11.3. The molecule has 2 atom stereocenters. The third-order valence-corrected chi connectivity index (χ3v) is 3.23. The topological polar surface area (TPSA) is 74.6 Å². The summed E-state index contributed by atoms with van der Waals surface area (Å²) in [7, 11) is 0. The first-order chi connectivity index (χ1) is 7.09. The van der Waals surface area contributed by atoms with Gasteiger partial charge in [-0.15, -0.1) is 0 Å². The van der Waals surface area contributed by atoms with Crippen LogP contribution >= 0.6 is 0 Å². The molecule has 1 saturated carbocycles. The van der Waals surface area contributed by atoms with Crippen LogP contribution in [-0.2, 0) is 9.59 Å². The molecule has 0 aromatic rings. The van der Waals surface area contributed by atoms with Gasteiger partial charge in [-0.3, -0.25) is 9.59 Å². The van der Waals surface area contributed by atoms with E-state index in [1.165, 1.54) is 0 Å². The lowest BCUT2D eigenvalue weighted by Crippen LogP contribution is -2.23. The first kappa shape index (κ1) is 12.0. The fraction of sp³-hybridized carbons (Fsp3) is 0.818. The van der Waals surface area contributed by atoms with Crippen molar-refractivity contribution in [3.05, 3.63) is 0 Å². The summed E-state index contributed by atoms with van der Waals surface area (Å²) >= 11 is 0. The lowest BCUT2D eigenvalue weighted by atomic mass is 9.75. The highest BCUT2D eigenvalue weighted by molar-refractivity contribution is 5.67. The monoisotopic (exact) mass is 214 g/mol. The van der Waals surface area contributed by atoms with Crippen molar-refractivity contribution in [3.8, 4) is 0 Å². The van der Waals surface area contributed by atoms with E-state index in [0.717, 1.165) is 25.7 Å². The fourth-order valence-electron chi connectivity index (χ4n) is 2.47. The molecule has 0 aromatic heterocycles. The van der Waals surface area contributed by atoms with Gasteiger partial charge in [-0.25, -0.2) is 0 Å². The molecule has 15 heavy (non-hydrogen) atoms. The van der Waals surface area contributed by atoms with Gasteiger partial charge < -0.3 is 10.2 Å². The van der Waals surface area contributed by atoms with Gasteiger partial charge in [0.15, 0.2) is 0 Å². The van der Waals surface area contributed by atoms with Crippen molar-refractivity contribution in [2.45, 2.75) is 44.9 Å². The molecule has 0 amide bonds.